The van der Waals surface area contributed by atoms with Crippen molar-refractivity contribution in [3.63, 3.8) is 0 Å². The van der Waals surface area contributed by atoms with E-state index in [2.05, 4.69) is 28.4 Å². The van der Waals surface area contributed by atoms with Crippen molar-refractivity contribution >= 4 is 39.7 Å². The molecule has 0 saturated carbocycles. The fourth-order valence-electron chi connectivity index (χ4n) is 6.51. The number of rotatable bonds is 9. The number of likely N-dealkylation sites (N-methyl/N-ethyl adjacent to an activating group) is 1. The highest BCUT2D eigenvalue weighted by molar-refractivity contribution is 7.96. The Kier molecular flexibility index (Phi) is 9.34. The van der Waals surface area contributed by atoms with Crippen LogP contribution in [-0.4, -0.2) is 41.3 Å². The first-order chi connectivity index (χ1) is 25.1. The van der Waals surface area contributed by atoms with Crippen LogP contribution in [0.5, 0.6) is 5.75 Å². The van der Waals surface area contributed by atoms with Crippen molar-refractivity contribution in [1.82, 2.24) is 10.2 Å². The zero-order chi connectivity index (χ0) is 37.8. The Balaban J connectivity index is 1.26. The van der Waals surface area contributed by atoms with E-state index in [0.29, 0.717) is 16.3 Å². The van der Waals surface area contributed by atoms with E-state index in [1.165, 1.54) is 11.6 Å². The third-order valence-electron chi connectivity index (χ3n) is 9.36. The van der Waals surface area contributed by atoms with Crippen molar-refractivity contribution in [3.8, 4) is 16.9 Å². The minimum atomic E-state index is -7.07. The van der Waals surface area contributed by atoms with Crippen LogP contribution in [0.1, 0.15) is 30.1 Å². The maximum atomic E-state index is 14.7. The van der Waals surface area contributed by atoms with Crippen LogP contribution in [0.2, 0.25) is 0 Å². The molecule has 0 radical (unpaired) electrons. The Labute approximate surface area is 301 Å². The topological polar surface area (TPSA) is 37.6 Å². The molecule has 1 aromatic heterocycles. The van der Waals surface area contributed by atoms with E-state index in [1.54, 1.807) is 54.6 Å². The molecule has 1 N–H and O–H groups in total. The average Bonchev–Trinajstić information content (AvgIpc) is 3.53. The summed E-state index contributed by atoms with van der Waals surface area (Å²) in [6.07, 6.45) is 2.88. The third kappa shape index (κ3) is 6.45. The summed E-state index contributed by atoms with van der Waals surface area (Å²) in [6, 6.07) is 26.0. The van der Waals surface area contributed by atoms with Crippen LogP contribution in [0, 0.1) is 0 Å². The molecule has 2 aliphatic rings. The van der Waals surface area contributed by atoms with Crippen molar-refractivity contribution in [2.24, 2.45) is 0 Å². The molecule has 14 heteroatoms. The largest absolute Gasteiger partial charge is 0.460 e. The first-order valence-electron chi connectivity index (χ1n) is 16.3. The van der Waals surface area contributed by atoms with Gasteiger partial charge in [-0.2, -0.15) is 39.5 Å². The van der Waals surface area contributed by atoms with Crippen LogP contribution in [0.4, 0.5) is 39.5 Å². The molecular formula is C39H29F9N2O2S. The molecule has 1 aliphatic heterocycles. The average molecular weight is 761 g/mol. The molecule has 4 nitrogen and oxygen atoms in total. The van der Waals surface area contributed by atoms with Gasteiger partial charge in [0.25, 0.3) is 0 Å². The van der Waals surface area contributed by atoms with Gasteiger partial charge in [0.1, 0.15) is 23.8 Å². The molecule has 4 aromatic carbocycles. The first-order valence-corrected chi connectivity index (χ1v) is 17.1. The Hall–Kier alpha value is -4.82. The monoisotopic (exact) mass is 760 g/mol. The summed E-state index contributed by atoms with van der Waals surface area (Å²) in [5, 5.41) is -1.65. The fourth-order valence-corrected chi connectivity index (χ4v) is 7.10. The van der Waals surface area contributed by atoms with Gasteiger partial charge in [-0.25, -0.2) is 0 Å². The second-order valence-electron chi connectivity index (χ2n) is 12.7. The van der Waals surface area contributed by atoms with Crippen molar-refractivity contribution in [1.29, 1.82) is 0 Å². The highest BCUT2D eigenvalue weighted by Gasteiger charge is 2.82. The zero-order valence-corrected chi connectivity index (χ0v) is 28.4. The van der Waals surface area contributed by atoms with Crippen molar-refractivity contribution in [2.45, 2.75) is 48.3 Å². The van der Waals surface area contributed by atoms with Gasteiger partial charge in [-0.05, 0) is 66.4 Å². The molecule has 2 heterocycles. The van der Waals surface area contributed by atoms with Gasteiger partial charge in [-0.3, -0.25) is 4.90 Å². The summed E-state index contributed by atoms with van der Waals surface area (Å²) in [6.45, 7) is 0. The summed E-state index contributed by atoms with van der Waals surface area (Å²) in [4.78, 5) is 2.16. The number of nitrogens with one attached hydrogen (secondary N) is 1. The molecule has 53 heavy (non-hydrogen) atoms. The van der Waals surface area contributed by atoms with Gasteiger partial charge in [-0.15, -0.1) is 0 Å². The normalized spacial score (nSPS) is 18.9. The van der Waals surface area contributed by atoms with E-state index in [9.17, 15) is 39.5 Å². The van der Waals surface area contributed by atoms with Gasteiger partial charge in [0.15, 0.2) is 11.3 Å². The molecule has 1 aliphatic carbocycles. The number of para-hydroxylation sites is 1. The summed E-state index contributed by atoms with van der Waals surface area (Å²) in [5.74, 6) is -14.5. The zero-order valence-electron chi connectivity index (χ0n) is 27.6. The minimum Gasteiger partial charge on any atom is -0.452 e. The Bertz CT molecular complexity index is 2230. The molecule has 0 saturated heterocycles. The Morgan fingerprint density at radius 2 is 1.47 bits per heavy atom. The quantitative estimate of drug-likeness (QED) is 0.120. The van der Waals surface area contributed by atoms with Crippen LogP contribution >= 0.6 is 12.0 Å². The molecule has 0 amide bonds. The number of hydrogen-bond donors (Lipinski definition) is 1. The van der Waals surface area contributed by atoms with Gasteiger partial charge in [0, 0.05) is 22.0 Å². The number of halogens is 9. The van der Waals surface area contributed by atoms with Crippen LogP contribution in [0.3, 0.4) is 0 Å². The van der Waals surface area contributed by atoms with Gasteiger partial charge < -0.3 is 13.9 Å². The lowest BCUT2D eigenvalue weighted by molar-refractivity contribution is -0.381. The van der Waals surface area contributed by atoms with E-state index in [1.807, 2.05) is 43.5 Å². The molecule has 2 unspecified atom stereocenters. The van der Waals surface area contributed by atoms with Crippen molar-refractivity contribution < 1.29 is 48.1 Å². The summed E-state index contributed by atoms with van der Waals surface area (Å²) >= 11 is -1.50. The summed E-state index contributed by atoms with van der Waals surface area (Å²) < 4.78 is 135. The number of fused-ring (bicyclic) bond motifs is 3. The predicted molar refractivity (Wildman–Crippen MR) is 187 cm³/mol. The van der Waals surface area contributed by atoms with Crippen LogP contribution in [0.15, 0.2) is 125 Å². The molecule has 0 spiro atoms. The molecule has 276 valence electrons. The molecular weight excluding hydrogens is 731 g/mol. The molecule has 7 rings (SSSR count). The molecule has 2 atom stereocenters. The first kappa shape index (κ1) is 36.5. The predicted octanol–water partition coefficient (Wildman–Crippen LogP) is 11.9. The maximum Gasteiger partial charge on any atom is 0.460 e. The number of nitrogens with zero attached hydrogens (tertiary/aromatic N) is 1. The van der Waals surface area contributed by atoms with Crippen LogP contribution < -0.4 is 9.50 Å². The Morgan fingerprint density at radius 3 is 2.15 bits per heavy atom. The Morgan fingerprint density at radius 1 is 0.774 bits per heavy atom. The smallest absolute Gasteiger partial charge is 0.452 e. The third-order valence-corrected chi connectivity index (χ3v) is 10.1. The van der Waals surface area contributed by atoms with Gasteiger partial charge in [-0.1, -0.05) is 91.0 Å². The second kappa shape index (κ2) is 13.5. The highest BCUT2D eigenvalue weighted by atomic mass is 32.2. The minimum absolute atomic E-state index is 0.0316. The summed E-state index contributed by atoms with van der Waals surface area (Å²) in [7, 11) is 1.98. The highest BCUT2D eigenvalue weighted by Crippen LogP contribution is 2.57. The van der Waals surface area contributed by atoms with E-state index in [-0.39, 0.29) is 28.9 Å². The van der Waals surface area contributed by atoms with Gasteiger partial charge in [0.05, 0.1) is 6.04 Å². The van der Waals surface area contributed by atoms with E-state index in [4.69, 9.17) is 8.60 Å². The fraction of sp³-hybridized carbons (Fsp3) is 0.231. The van der Waals surface area contributed by atoms with Crippen molar-refractivity contribution in [3.05, 3.63) is 132 Å². The maximum absolute atomic E-state index is 14.7. The number of benzene rings is 4. The second-order valence-corrected chi connectivity index (χ2v) is 13.5. The number of allylic oxidation sites excluding steroid dienone is 3. The number of furan rings is 1. The molecule has 0 bridgehead atoms. The van der Waals surface area contributed by atoms with E-state index >= 15 is 0 Å². The number of alkyl halides is 9. The molecule has 5 aromatic rings. The van der Waals surface area contributed by atoms with Crippen LogP contribution in [0.25, 0.3) is 38.8 Å². The van der Waals surface area contributed by atoms with Gasteiger partial charge >= 0.3 is 23.3 Å². The van der Waals surface area contributed by atoms with Gasteiger partial charge in [0.2, 0.25) is 0 Å². The summed E-state index contributed by atoms with van der Waals surface area (Å²) in [5.41, 5.74) is 4.34. The lowest BCUT2D eigenvalue weighted by atomic mass is 9.91. The standard InChI is InChI=1S/C39H29F9N2O2S/c1-50-31(25-12-6-3-7-13-25)22-30(24-10-4-2-5-11-24)49-35(50)26-18-16-23(17-19-26)27-20-21-29-28-14-8-9-15-32(28)51-33(29)34(27)52-53-39(47,48)37(42,43)36(40,41)38(44,45)46/h2-6,8-12,14-22,31,35,49H,7,13H2,1H3. The lowest BCUT2D eigenvalue weighted by Gasteiger charge is -2.41. The van der Waals surface area contributed by atoms with Crippen molar-refractivity contribution in [2.75, 3.05) is 7.05 Å². The van der Waals surface area contributed by atoms with Crippen LogP contribution in [-0.2, 0) is 0 Å². The SMILES string of the molecule is CN1C(C2=CC=CCC2)C=C(c2ccccc2)NC1c1ccc(-c2ccc3c(oc4ccccc43)c2OSC(F)(F)C(F)(F)C(F)(F)C(F)(F)F)cc1. The molecule has 0 fully saturated rings. The number of hydrogen-bond acceptors (Lipinski definition) is 5. The lowest BCUT2D eigenvalue weighted by Crippen LogP contribution is -2.59. The van der Waals surface area contributed by atoms with E-state index < -0.39 is 41.1 Å². The van der Waals surface area contributed by atoms with E-state index in [0.717, 1.165) is 29.7 Å².